The summed E-state index contributed by atoms with van der Waals surface area (Å²) in [6.45, 7) is 3.18. The predicted octanol–water partition coefficient (Wildman–Crippen LogP) is 1.19. The lowest BCUT2D eigenvalue weighted by molar-refractivity contribution is -0.119. The second-order valence-electron chi connectivity index (χ2n) is 4.17. The zero-order valence-corrected chi connectivity index (χ0v) is 9.42. The van der Waals surface area contributed by atoms with Gasteiger partial charge in [-0.2, -0.15) is 0 Å². The lowest BCUT2D eigenvalue weighted by Gasteiger charge is -2.10. The number of nitrogens with two attached hydrogens (primary N) is 1. The largest absolute Gasteiger partial charge is 0.384 e. The van der Waals surface area contributed by atoms with Crippen molar-refractivity contribution in [3.8, 4) is 0 Å². The zero-order chi connectivity index (χ0) is 11.5. The van der Waals surface area contributed by atoms with Crippen molar-refractivity contribution in [1.29, 1.82) is 0 Å². The van der Waals surface area contributed by atoms with Crippen molar-refractivity contribution in [1.82, 2.24) is 0 Å². The van der Waals surface area contributed by atoms with E-state index in [9.17, 15) is 4.79 Å². The van der Waals surface area contributed by atoms with Crippen LogP contribution in [-0.4, -0.2) is 19.0 Å². The van der Waals surface area contributed by atoms with Crippen LogP contribution in [0.2, 0.25) is 0 Å². The van der Waals surface area contributed by atoms with E-state index in [1.165, 1.54) is 11.3 Å². The molecule has 1 aliphatic heterocycles. The number of amides is 1. The SMILES string of the molecule is CC(CN)C(=O)Nc1ccc2c(c1)CCN2. The van der Waals surface area contributed by atoms with Crippen LogP contribution in [0.3, 0.4) is 0 Å². The Morgan fingerprint density at radius 1 is 1.62 bits per heavy atom. The molecule has 0 bridgehead atoms. The Morgan fingerprint density at radius 2 is 2.44 bits per heavy atom. The lowest BCUT2D eigenvalue weighted by atomic mass is 10.1. The molecule has 1 heterocycles. The van der Waals surface area contributed by atoms with Gasteiger partial charge in [-0.25, -0.2) is 0 Å². The Hall–Kier alpha value is -1.55. The second kappa shape index (κ2) is 4.53. The number of nitrogens with one attached hydrogen (secondary N) is 2. The van der Waals surface area contributed by atoms with Crippen molar-refractivity contribution in [3.05, 3.63) is 23.8 Å². The summed E-state index contributed by atoms with van der Waals surface area (Å²) < 4.78 is 0. The summed E-state index contributed by atoms with van der Waals surface area (Å²) in [7, 11) is 0. The molecule has 1 amide bonds. The molecule has 0 radical (unpaired) electrons. The van der Waals surface area contributed by atoms with Crippen molar-refractivity contribution in [2.75, 3.05) is 23.7 Å². The van der Waals surface area contributed by atoms with Crippen molar-refractivity contribution in [2.45, 2.75) is 13.3 Å². The van der Waals surface area contributed by atoms with E-state index in [4.69, 9.17) is 5.73 Å². The highest BCUT2D eigenvalue weighted by Crippen LogP contribution is 2.25. The molecule has 1 aromatic carbocycles. The first-order valence-electron chi connectivity index (χ1n) is 5.58. The minimum atomic E-state index is -0.147. The van der Waals surface area contributed by atoms with E-state index in [-0.39, 0.29) is 11.8 Å². The molecule has 4 N–H and O–H groups in total. The highest BCUT2D eigenvalue weighted by atomic mass is 16.1. The molecule has 0 spiro atoms. The van der Waals surface area contributed by atoms with Crippen LogP contribution in [0.1, 0.15) is 12.5 Å². The third-order valence-electron chi connectivity index (χ3n) is 2.88. The van der Waals surface area contributed by atoms with Crippen LogP contribution in [0.4, 0.5) is 11.4 Å². The summed E-state index contributed by atoms with van der Waals surface area (Å²) in [5.74, 6) is -0.167. The summed E-state index contributed by atoms with van der Waals surface area (Å²) in [5, 5.41) is 6.16. The van der Waals surface area contributed by atoms with Crippen LogP contribution >= 0.6 is 0 Å². The fourth-order valence-corrected chi connectivity index (χ4v) is 1.76. The third-order valence-corrected chi connectivity index (χ3v) is 2.88. The Balaban J connectivity index is 2.08. The normalized spacial score (nSPS) is 15.1. The first kappa shape index (κ1) is 11.0. The Morgan fingerprint density at radius 3 is 3.19 bits per heavy atom. The first-order chi connectivity index (χ1) is 7.70. The fraction of sp³-hybridized carbons (Fsp3) is 0.417. The quantitative estimate of drug-likeness (QED) is 0.715. The fourth-order valence-electron chi connectivity index (χ4n) is 1.76. The smallest absolute Gasteiger partial charge is 0.228 e. The van der Waals surface area contributed by atoms with Crippen LogP contribution in [0, 0.1) is 5.92 Å². The molecule has 1 atom stereocenters. The number of carbonyl (C=O) groups is 1. The van der Waals surface area contributed by atoms with Crippen LogP contribution < -0.4 is 16.4 Å². The van der Waals surface area contributed by atoms with Gasteiger partial charge in [-0.05, 0) is 30.2 Å². The number of carbonyl (C=O) groups excluding carboxylic acids is 1. The molecule has 0 saturated heterocycles. The molecule has 1 unspecified atom stereocenters. The van der Waals surface area contributed by atoms with Crippen LogP contribution in [0.5, 0.6) is 0 Å². The van der Waals surface area contributed by atoms with Gasteiger partial charge in [0.05, 0.1) is 0 Å². The van der Waals surface area contributed by atoms with Crippen LogP contribution in [-0.2, 0) is 11.2 Å². The average molecular weight is 219 g/mol. The maximum atomic E-state index is 11.6. The van der Waals surface area contributed by atoms with E-state index >= 15 is 0 Å². The lowest BCUT2D eigenvalue weighted by Crippen LogP contribution is -2.26. The summed E-state index contributed by atoms with van der Waals surface area (Å²) in [4.78, 5) is 11.6. The van der Waals surface area contributed by atoms with Gasteiger partial charge in [-0.3, -0.25) is 4.79 Å². The Bertz CT molecular complexity index is 403. The Labute approximate surface area is 95.2 Å². The van der Waals surface area contributed by atoms with Gasteiger partial charge < -0.3 is 16.4 Å². The average Bonchev–Trinajstić information content (AvgIpc) is 2.75. The first-order valence-corrected chi connectivity index (χ1v) is 5.58. The molecule has 1 aromatic rings. The zero-order valence-electron chi connectivity index (χ0n) is 9.42. The molecular weight excluding hydrogens is 202 g/mol. The summed E-state index contributed by atoms with van der Waals surface area (Å²) in [5.41, 5.74) is 8.73. The number of benzene rings is 1. The van der Waals surface area contributed by atoms with Gasteiger partial charge in [-0.1, -0.05) is 6.92 Å². The molecule has 0 fully saturated rings. The van der Waals surface area contributed by atoms with E-state index in [0.29, 0.717) is 6.54 Å². The molecular formula is C12H17N3O. The van der Waals surface area contributed by atoms with Gasteiger partial charge in [0.25, 0.3) is 0 Å². The second-order valence-corrected chi connectivity index (χ2v) is 4.17. The van der Waals surface area contributed by atoms with E-state index < -0.39 is 0 Å². The molecule has 0 saturated carbocycles. The molecule has 4 nitrogen and oxygen atoms in total. The molecule has 2 rings (SSSR count). The monoisotopic (exact) mass is 219 g/mol. The van der Waals surface area contributed by atoms with E-state index in [1.807, 2.05) is 25.1 Å². The minimum absolute atomic E-state index is 0.0200. The minimum Gasteiger partial charge on any atom is -0.384 e. The van der Waals surface area contributed by atoms with Crippen molar-refractivity contribution >= 4 is 17.3 Å². The van der Waals surface area contributed by atoms with Crippen molar-refractivity contribution in [2.24, 2.45) is 11.7 Å². The van der Waals surface area contributed by atoms with Gasteiger partial charge >= 0.3 is 0 Å². The maximum Gasteiger partial charge on any atom is 0.228 e. The summed E-state index contributed by atoms with van der Waals surface area (Å²) in [6, 6.07) is 5.94. The molecule has 16 heavy (non-hydrogen) atoms. The maximum absolute atomic E-state index is 11.6. The van der Waals surface area contributed by atoms with Crippen molar-refractivity contribution < 1.29 is 4.79 Å². The number of fused-ring (bicyclic) bond motifs is 1. The van der Waals surface area contributed by atoms with E-state index in [0.717, 1.165) is 18.7 Å². The van der Waals surface area contributed by atoms with Gasteiger partial charge in [0.2, 0.25) is 5.91 Å². The molecule has 0 aliphatic carbocycles. The number of rotatable bonds is 3. The van der Waals surface area contributed by atoms with E-state index in [2.05, 4.69) is 10.6 Å². The van der Waals surface area contributed by atoms with Gasteiger partial charge in [-0.15, -0.1) is 0 Å². The standard InChI is InChI=1S/C12H17N3O/c1-8(7-13)12(16)15-10-2-3-11-9(6-10)4-5-14-11/h2-3,6,8,14H,4-5,7,13H2,1H3,(H,15,16). The van der Waals surface area contributed by atoms with E-state index in [1.54, 1.807) is 0 Å². The molecule has 1 aliphatic rings. The van der Waals surface area contributed by atoms with Gasteiger partial charge in [0, 0.05) is 30.4 Å². The molecule has 4 heteroatoms. The summed E-state index contributed by atoms with van der Waals surface area (Å²) >= 11 is 0. The van der Waals surface area contributed by atoms with Crippen LogP contribution in [0.25, 0.3) is 0 Å². The molecule has 0 aromatic heterocycles. The van der Waals surface area contributed by atoms with Crippen LogP contribution in [0.15, 0.2) is 18.2 Å². The Kier molecular flexibility index (Phi) is 3.10. The van der Waals surface area contributed by atoms with Gasteiger partial charge in [0.15, 0.2) is 0 Å². The number of anilines is 2. The third kappa shape index (κ3) is 2.17. The highest BCUT2D eigenvalue weighted by Gasteiger charge is 2.13. The number of hydrogen-bond donors (Lipinski definition) is 3. The summed E-state index contributed by atoms with van der Waals surface area (Å²) in [6.07, 6.45) is 1.02. The topological polar surface area (TPSA) is 67.2 Å². The predicted molar refractivity (Wildman–Crippen MR) is 65.5 cm³/mol. The van der Waals surface area contributed by atoms with Crippen molar-refractivity contribution in [3.63, 3.8) is 0 Å². The number of hydrogen-bond acceptors (Lipinski definition) is 3. The van der Waals surface area contributed by atoms with Gasteiger partial charge in [0.1, 0.15) is 0 Å². The molecule has 86 valence electrons. The highest BCUT2D eigenvalue weighted by molar-refractivity contribution is 5.92.